The molecule has 0 spiro atoms. The van der Waals surface area contributed by atoms with Gasteiger partial charge in [-0.05, 0) is 30.7 Å². The first-order chi connectivity index (χ1) is 11.6. The first kappa shape index (κ1) is 17.5. The van der Waals surface area contributed by atoms with Crippen LogP contribution in [0.5, 0.6) is 0 Å². The molecule has 2 rings (SSSR count). The second-order valence-electron chi connectivity index (χ2n) is 5.25. The van der Waals surface area contributed by atoms with Gasteiger partial charge in [0.15, 0.2) is 0 Å². The molecular formula is C18H20N2O4. The van der Waals surface area contributed by atoms with Gasteiger partial charge < -0.3 is 20.2 Å². The zero-order chi connectivity index (χ0) is 17.4. The molecule has 2 aromatic rings. The van der Waals surface area contributed by atoms with Gasteiger partial charge in [0.25, 0.3) is 0 Å². The molecule has 0 fully saturated rings. The number of hydrogen-bond donors (Lipinski definition) is 3. The summed E-state index contributed by atoms with van der Waals surface area (Å²) in [6.07, 6.45) is 3.56. The van der Waals surface area contributed by atoms with Gasteiger partial charge in [-0.1, -0.05) is 30.3 Å². The van der Waals surface area contributed by atoms with Gasteiger partial charge in [0.1, 0.15) is 17.9 Å². The van der Waals surface area contributed by atoms with Crippen molar-refractivity contribution < 1.29 is 19.1 Å². The van der Waals surface area contributed by atoms with Crippen LogP contribution in [0.25, 0.3) is 6.08 Å². The van der Waals surface area contributed by atoms with E-state index in [-0.39, 0.29) is 18.4 Å². The van der Waals surface area contributed by atoms with Gasteiger partial charge in [-0.25, -0.2) is 0 Å². The van der Waals surface area contributed by atoms with Crippen LogP contribution >= 0.6 is 0 Å². The molecule has 126 valence electrons. The fourth-order valence-electron chi connectivity index (χ4n) is 1.99. The van der Waals surface area contributed by atoms with E-state index in [9.17, 15) is 14.7 Å². The summed E-state index contributed by atoms with van der Waals surface area (Å²) in [5.41, 5.74) is 0.895. The Balaban J connectivity index is 1.76. The van der Waals surface area contributed by atoms with Crippen molar-refractivity contribution in [3.63, 3.8) is 0 Å². The summed E-state index contributed by atoms with van der Waals surface area (Å²) in [4.78, 5) is 23.7. The predicted molar refractivity (Wildman–Crippen MR) is 89.8 cm³/mol. The van der Waals surface area contributed by atoms with Crippen molar-refractivity contribution >= 4 is 17.9 Å². The van der Waals surface area contributed by atoms with Gasteiger partial charge in [-0.15, -0.1) is 0 Å². The standard InChI is InChI=1S/C18H20N2O4/c1-13(18(23)19-12-15(21)16-8-5-11-24-16)20-17(22)10-9-14-6-3-2-4-7-14/h2-11,13,15,21H,12H2,1H3,(H,19,23)(H,20,22)/b10-9+. The largest absolute Gasteiger partial charge is 0.467 e. The van der Waals surface area contributed by atoms with Gasteiger partial charge >= 0.3 is 0 Å². The van der Waals surface area contributed by atoms with Crippen molar-refractivity contribution in [1.29, 1.82) is 0 Å². The number of aliphatic hydroxyl groups is 1. The fraction of sp³-hybridized carbons (Fsp3) is 0.222. The number of benzene rings is 1. The number of aliphatic hydroxyl groups excluding tert-OH is 1. The SMILES string of the molecule is CC(NC(=O)/C=C/c1ccccc1)C(=O)NCC(O)c1ccco1. The van der Waals surface area contributed by atoms with Crippen molar-refractivity contribution in [2.45, 2.75) is 19.1 Å². The van der Waals surface area contributed by atoms with E-state index in [4.69, 9.17) is 4.42 Å². The molecule has 0 aliphatic carbocycles. The highest BCUT2D eigenvalue weighted by atomic mass is 16.4. The smallest absolute Gasteiger partial charge is 0.244 e. The van der Waals surface area contributed by atoms with Crippen molar-refractivity contribution in [1.82, 2.24) is 10.6 Å². The lowest BCUT2D eigenvalue weighted by Crippen LogP contribution is -2.45. The number of carbonyl (C=O) groups excluding carboxylic acids is 2. The predicted octanol–water partition coefficient (Wildman–Crippen LogP) is 1.65. The quantitative estimate of drug-likeness (QED) is 0.674. The average molecular weight is 328 g/mol. The van der Waals surface area contributed by atoms with Crippen LogP contribution in [0.3, 0.4) is 0 Å². The van der Waals surface area contributed by atoms with Gasteiger partial charge in [0.2, 0.25) is 11.8 Å². The molecule has 1 heterocycles. The zero-order valence-electron chi connectivity index (χ0n) is 13.3. The van der Waals surface area contributed by atoms with E-state index in [2.05, 4.69) is 10.6 Å². The van der Waals surface area contributed by atoms with Crippen molar-refractivity contribution in [3.8, 4) is 0 Å². The molecule has 6 nitrogen and oxygen atoms in total. The summed E-state index contributed by atoms with van der Waals surface area (Å²) in [5, 5.41) is 15.0. The minimum Gasteiger partial charge on any atom is -0.467 e. The van der Waals surface area contributed by atoms with Gasteiger partial charge in [0.05, 0.1) is 12.8 Å². The van der Waals surface area contributed by atoms with E-state index in [0.29, 0.717) is 5.76 Å². The first-order valence-electron chi connectivity index (χ1n) is 7.59. The minimum atomic E-state index is -0.926. The highest BCUT2D eigenvalue weighted by Gasteiger charge is 2.17. The third-order valence-electron chi connectivity index (χ3n) is 3.32. The van der Waals surface area contributed by atoms with Crippen LogP contribution in [0.2, 0.25) is 0 Å². The molecule has 24 heavy (non-hydrogen) atoms. The Morgan fingerprint density at radius 2 is 1.96 bits per heavy atom. The Morgan fingerprint density at radius 3 is 2.62 bits per heavy atom. The fourth-order valence-corrected chi connectivity index (χ4v) is 1.99. The Kier molecular flexibility index (Phi) is 6.33. The number of furan rings is 1. The van der Waals surface area contributed by atoms with E-state index in [0.717, 1.165) is 5.56 Å². The molecule has 2 amide bonds. The van der Waals surface area contributed by atoms with Gasteiger partial charge in [-0.3, -0.25) is 9.59 Å². The van der Waals surface area contributed by atoms with Crippen LogP contribution in [-0.2, 0) is 9.59 Å². The molecule has 0 radical (unpaired) electrons. The van der Waals surface area contributed by atoms with Crippen LogP contribution in [0.15, 0.2) is 59.2 Å². The molecule has 1 aromatic heterocycles. The molecule has 6 heteroatoms. The number of rotatable bonds is 7. The first-order valence-corrected chi connectivity index (χ1v) is 7.59. The molecule has 0 saturated heterocycles. The molecular weight excluding hydrogens is 308 g/mol. The Hall–Kier alpha value is -2.86. The van der Waals surface area contributed by atoms with Gasteiger partial charge in [0, 0.05) is 6.08 Å². The topological polar surface area (TPSA) is 91.6 Å². The number of hydrogen-bond acceptors (Lipinski definition) is 4. The van der Waals surface area contributed by atoms with E-state index in [1.165, 1.54) is 12.3 Å². The average Bonchev–Trinajstić information content (AvgIpc) is 3.13. The number of amides is 2. The minimum absolute atomic E-state index is 0.00636. The van der Waals surface area contributed by atoms with Crippen LogP contribution in [-0.4, -0.2) is 29.5 Å². The molecule has 2 unspecified atom stereocenters. The van der Waals surface area contributed by atoms with Crippen molar-refractivity contribution in [2.75, 3.05) is 6.54 Å². The summed E-state index contributed by atoms with van der Waals surface area (Å²) in [7, 11) is 0. The Labute approximate surface area is 140 Å². The van der Waals surface area contributed by atoms with Crippen molar-refractivity contribution in [2.24, 2.45) is 0 Å². The third-order valence-corrected chi connectivity index (χ3v) is 3.32. The maximum absolute atomic E-state index is 11.9. The van der Waals surface area contributed by atoms with E-state index < -0.39 is 12.1 Å². The highest BCUT2D eigenvalue weighted by molar-refractivity contribution is 5.95. The lowest BCUT2D eigenvalue weighted by Gasteiger charge is -2.14. The molecule has 1 aromatic carbocycles. The van der Waals surface area contributed by atoms with Crippen LogP contribution < -0.4 is 10.6 Å². The lowest BCUT2D eigenvalue weighted by molar-refractivity contribution is -0.127. The lowest BCUT2D eigenvalue weighted by atomic mass is 10.2. The Bertz CT molecular complexity index is 680. The normalized spacial score (nSPS) is 13.4. The monoisotopic (exact) mass is 328 g/mol. The van der Waals surface area contributed by atoms with Crippen LogP contribution in [0.1, 0.15) is 24.4 Å². The van der Waals surface area contributed by atoms with E-state index in [1.807, 2.05) is 30.3 Å². The number of carbonyl (C=O) groups is 2. The summed E-state index contributed by atoms with van der Waals surface area (Å²) in [6.45, 7) is 1.58. The Morgan fingerprint density at radius 1 is 1.21 bits per heavy atom. The summed E-state index contributed by atoms with van der Waals surface area (Å²) in [5.74, 6) is -0.382. The summed E-state index contributed by atoms with van der Waals surface area (Å²) < 4.78 is 5.05. The molecule has 2 atom stereocenters. The number of nitrogens with one attached hydrogen (secondary N) is 2. The van der Waals surface area contributed by atoms with Gasteiger partial charge in [-0.2, -0.15) is 0 Å². The highest BCUT2D eigenvalue weighted by Crippen LogP contribution is 2.11. The van der Waals surface area contributed by atoms with Crippen LogP contribution in [0.4, 0.5) is 0 Å². The van der Waals surface area contributed by atoms with E-state index in [1.54, 1.807) is 25.1 Å². The summed E-state index contributed by atoms with van der Waals surface area (Å²) in [6, 6.07) is 11.9. The molecule has 0 saturated carbocycles. The third kappa shape index (κ3) is 5.40. The molecule has 0 aliphatic heterocycles. The zero-order valence-corrected chi connectivity index (χ0v) is 13.3. The van der Waals surface area contributed by atoms with Crippen LogP contribution in [0, 0.1) is 0 Å². The molecule has 0 aliphatic rings. The molecule has 0 bridgehead atoms. The molecule has 3 N–H and O–H groups in total. The maximum Gasteiger partial charge on any atom is 0.244 e. The maximum atomic E-state index is 11.9. The van der Waals surface area contributed by atoms with Crippen molar-refractivity contribution in [3.05, 3.63) is 66.1 Å². The second kappa shape index (κ2) is 8.69. The van der Waals surface area contributed by atoms with E-state index >= 15 is 0 Å². The second-order valence-corrected chi connectivity index (χ2v) is 5.25. The summed E-state index contributed by atoms with van der Waals surface area (Å²) >= 11 is 0.